The zero-order chi connectivity index (χ0) is 21.5. The maximum absolute atomic E-state index is 13.0. The molecule has 30 heavy (non-hydrogen) atoms. The molecule has 4 rings (SSSR count). The summed E-state index contributed by atoms with van der Waals surface area (Å²) < 4.78 is 32.8. The number of hydrogen-bond donors (Lipinski definition) is 0. The van der Waals surface area contributed by atoms with Crippen molar-refractivity contribution in [3.8, 4) is 5.75 Å². The topological polar surface area (TPSA) is 68.6 Å². The molecular formula is C23H24N2O4S. The summed E-state index contributed by atoms with van der Waals surface area (Å²) in [5.41, 5.74) is 3.06. The molecule has 6 nitrogen and oxygen atoms in total. The average Bonchev–Trinajstić information content (AvgIpc) is 3.20. The van der Waals surface area contributed by atoms with Gasteiger partial charge in [-0.15, -0.1) is 0 Å². The summed E-state index contributed by atoms with van der Waals surface area (Å²) in [6.45, 7) is 6.96. The molecule has 0 N–H and O–H groups in total. The second kappa shape index (κ2) is 7.65. The highest BCUT2D eigenvalue weighted by Gasteiger charge is 2.28. The third-order valence-electron chi connectivity index (χ3n) is 5.52. The van der Waals surface area contributed by atoms with Crippen molar-refractivity contribution in [2.75, 3.05) is 6.54 Å². The molecule has 156 valence electrons. The molecule has 1 amide bonds. The van der Waals surface area contributed by atoms with Gasteiger partial charge in [0.25, 0.3) is 5.91 Å². The summed E-state index contributed by atoms with van der Waals surface area (Å²) in [6, 6.07) is 15.4. The smallest absolute Gasteiger partial charge is 0.339 e. The van der Waals surface area contributed by atoms with Crippen LogP contribution in [-0.4, -0.2) is 30.3 Å². The molecule has 7 heteroatoms. The number of carbonyl (C=O) groups excluding carboxylic acids is 1. The monoisotopic (exact) mass is 424 g/mol. The van der Waals surface area contributed by atoms with Crippen molar-refractivity contribution >= 4 is 16.0 Å². The van der Waals surface area contributed by atoms with Crippen molar-refractivity contribution in [2.45, 2.75) is 38.3 Å². The molecule has 2 aromatic carbocycles. The Kier molecular flexibility index (Phi) is 5.15. The average molecular weight is 425 g/mol. The standard InChI is InChI=1S/C23H24N2O4S/c1-16-6-7-17(2)22(15-16)30(27,28)29-20-10-8-19(9-11-20)23(26)25-14-13-24-12-4-5-21(24)18(25)3/h4-12,15,18H,13-14H2,1-3H3/t18-/m1/s1. The quantitative estimate of drug-likeness (QED) is 0.592. The van der Waals surface area contributed by atoms with Crippen LogP contribution in [0.1, 0.15) is 40.1 Å². The highest BCUT2D eigenvalue weighted by atomic mass is 32.2. The van der Waals surface area contributed by atoms with Gasteiger partial charge in [-0.05, 0) is 74.4 Å². The van der Waals surface area contributed by atoms with E-state index in [1.165, 1.54) is 12.1 Å². The minimum absolute atomic E-state index is 0.0261. The van der Waals surface area contributed by atoms with Crippen LogP contribution in [0.5, 0.6) is 5.75 Å². The largest absolute Gasteiger partial charge is 0.379 e. The highest BCUT2D eigenvalue weighted by Crippen LogP contribution is 2.28. The summed E-state index contributed by atoms with van der Waals surface area (Å²) in [6.07, 6.45) is 2.02. The SMILES string of the molecule is Cc1ccc(C)c(S(=O)(=O)Oc2ccc(C(=O)N3CCn4cccc4[C@H]3C)cc2)c1. The number of amides is 1. The Bertz CT molecular complexity index is 1200. The second-order valence-corrected chi connectivity index (χ2v) is 9.15. The predicted octanol–water partition coefficient (Wildman–Crippen LogP) is 4.09. The number of aryl methyl sites for hydroxylation is 2. The molecular weight excluding hydrogens is 400 g/mol. The summed E-state index contributed by atoms with van der Waals surface area (Å²) in [5, 5.41) is 0. The lowest BCUT2D eigenvalue weighted by atomic mass is 10.1. The number of hydrogen-bond acceptors (Lipinski definition) is 4. The van der Waals surface area contributed by atoms with E-state index in [0.29, 0.717) is 17.7 Å². The van der Waals surface area contributed by atoms with Crippen molar-refractivity contribution in [2.24, 2.45) is 0 Å². The first kappa shape index (κ1) is 20.2. The Balaban J connectivity index is 1.52. The van der Waals surface area contributed by atoms with E-state index in [4.69, 9.17) is 4.18 Å². The Morgan fingerprint density at radius 1 is 1.03 bits per heavy atom. The van der Waals surface area contributed by atoms with Gasteiger partial charge in [-0.1, -0.05) is 12.1 Å². The van der Waals surface area contributed by atoms with Crippen molar-refractivity contribution in [1.82, 2.24) is 9.47 Å². The highest BCUT2D eigenvalue weighted by molar-refractivity contribution is 7.87. The van der Waals surface area contributed by atoms with Gasteiger partial charge in [0.2, 0.25) is 0 Å². The first-order valence-corrected chi connectivity index (χ1v) is 11.2. The molecule has 0 aliphatic carbocycles. The molecule has 0 saturated carbocycles. The van der Waals surface area contributed by atoms with E-state index in [1.807, 2.05) is 43.1 Å². The van der Waals surface area contributed by atoms with E-state index >= 15 is 0 Å². The van der Waals surface area contributed by atoms with Crippen LogP contribution in [0.25, 0.3) is 0 Å². The van der Waals surface area contributed by atoms with E-state index in [1.54, 1.807) is 31.2 Å². The molecule has 0 spiro atoms. The molecule has 1 aromatic heterocycles. The van der Waals surface area contributed by atoms with Gasteiger partial charge in [-0.25, -0.2) is 0 Å². The molecule has 2 heterocycles. The molecule has 1 aliphatic heterocycles. The number of fused-ring (bicyclic) bond motifs is 1. The van der Waals surface area contributed by atoms with E-state index in [9.17, 15) is 13.2 Å². The fourth-order valence-electron chi connectivity index (χ4n) is 3.82. The van der Waals surface area contributed by atoms with Gasteiger partial charge in [-0.2, -0.15) is 8.42 Å². The molecule has 0 unspecified atom stereocenters. The minimum Gasteiger partial charge on any atom is -0.379 e. The van der Waals surface area contributed by atoms with Gasteiger partial charge < -0.3 is 13.7 Å². The van der Waals surface area contributed by atoms with Gasteiger partial charge in [-0.3, -0.25) is 4.79 Å². The maximum Gasteiger partial charge on any atom is 0.339 e. The molecule has 0 saturated heterocycles. The number of aromatic nitrogens is 1. The van der Waals surface area contributed by atoms with Gasteiger partial charge in [0, 0.05) is 30.5 Å². The van der Waals surface area contributed by atoms with E-state index in [2.05, 4.69) is 4.57 Å². The van der Waals surface area contributed by atoms with Crippen LogP contribution in [-0.2, 0) is 16.7 Å². The third kappa shape index (κ3) is 3.73. The lowest BCUT2D eigenvalue weighted by Crippen LogP contribution is -2.40. The molecule has 3 aromatic rings. The van der Waals surface area contributed by atoms with Gasteiger partial charge in [0.15, 0.2) is 0 Å². The Morgan fingerprint density at radius 2 is 1.77 bits per heavy atom. The molecule has 1 aliphatic rings. The summed E-state index contributed by atoms with van der Waals surface area (Å²) in [4.78, 5) is 15.0. The van der Waals surface area contributed by atoms with Crippen molar-refractivity contribution in [3.05, 3.63) is 83.2 Å². The number of carbonyl (C=O) groups is 1. The second-order valence-electron chi connectivity index (χ2n) is 7.63. The summed E-state index contributed by atoms with van der Waals surface area (Å²) >= 11 is 0. The normalized spacial score (nSPS) is 16.2. The zero-order valence-corrected chi connectivity index (χ0v) is 18.0. The van der Waals surface area contributed by atoms with Crippen LogP contribution in [0.4, 0.5) is 0 Å². The molecule has 1 atom stereocenters. The first-order valence-electron chi connectivity index (χ1n) is 9.84. The Hall–Kier alpha value is -3.06. The summed E-state index contributed by atoms with van der Waals surface area (Å²) in [7, 11) is -3.95. The predicted molar refractivity (Wildman–Crippen MR) is 114 cm³/mol. The van der Waals surface area contributed by atoms with Crippen LogP contribution in [0.3, 0.4) is 0 Å². The van der Waals surface area contributed by atoms with E-state index in [-0.39, 0.29) is 22.6 Å². The van der Waals surface area contributed by atoms with Crippen LogP contribution in [0, 0.1) is 13.8 Å². The van der Waals surface area contributed by atoms with Crippen molar-refractivity contribution in [3.63, 3.8) is 0 Å². The molecule has 0 radical (unpaired) electrons. The fourth-order valence-corrected chi connectivity index (χ4v) is 5.07. The van der Waals surface area contributed by atoms with Crippen molar-refractivity contribution < 1.29 is 17.4 Å². The first-order chi connectivity index (χ1) is 14.3. The maximum atomic E-state index is 13.0. The van der Waals surface area contributed by atoms with E-state index < -0.39 is 10.1 Å². The Morgan fingerprint density at radius 3 is 2.50 bits per heavy atom. The van der Waals surface area contributed by atoms with Crippen LogP contribution in [0.15, 0.2) is 65.7 Å². The van der Waals surface area contributed by atoms with Crippen LogP contribution < -0.4 is 4.18 Å². The van der Waals surface area contributed by atoms with E-state index in [0.717, 1.165) is 17.8 Å². The number of rotatable bonds is 4. The summed E-state index contributed by atoms with van der Waals surface area (Å²) in [5.74, 6) is 0.0897. The lowest BCUT2D eigenvalue weighted by Gasteiger charge is -2.35. The Labute approximate surface area is 176 Å². The fraction of sp³-hybridized carbons (Fsp3) is 0.261. The van der Waals surface area contributed by atoms with Crippen LogP contribution >= 0.6 is 0 Å². The molecule has 0 bridgehead atoms. The molecule has 0 fully saturated rings. The van der Waals surface area contributed by atoms with Crippen molar-refractivity contribution in [1.29, 1.82) is 0 Å². The lowest BCUT2D eigenvalue weighted by molar-refractivity contribution is 0.0644. The third-order valence-corrected chi connectivity index (χ3v) is 6.91. The van der Waals surface area contributed by atoms with Gasteiger partial charge in [0.05, 0.1) is 6.04 Å². The minimum atomic E-state index is -3.95. The van der Waals surface area contributed by atoms with Crippen LogP contribution in [0.2, 0.25) is 0 Å². The number of benzene rings is 2. The van der Waals surface area contributed by atoms with Gasteiger partial charge >= 0.3 is 10.1 Å². The zero-order valence-electron chi connectivity index (χ0n) is 17.2. The number of nitrogens with zero attached hydrogens (tertiary/aromatic N) is 2. The van der Waals surface area contributed by atoms with Gasteiger partial charge in [0.1, 0.15) is 10.6 Å².